The number of rotatable bonds is 5. The molecule has 0 aliphatic heterocycles. The molecule has 1 aromatic heterocycles. The first-order chi connectivity index (χ1) is 12.1. The largest absolute Gasteiger partial charge is 0.478 e. The molecule has 2 N–H and O–H groups in total. The normalized spacial score (nSPS) is 10.1. The first kappa shape index (κ1) is 16.2. The number of carbonyl (C=O) groups excluding carboxylic acids is 1. The topological polar surface area (TPSA) is 88.5 Å². The molecular weight excluding hydrogens is 320 g/mol. The molecule has 3 rings (SSSR count). The van der Waals surface area contributed by atoms with Gasteiger partial charge in [0.25, 0.3) is 5.91 Å². The van der Waals surface area contributed by atoms with E-state index in [2.05, 4.69) is 10.3 Å². The second-order valence-electron chi connectivity index (χ2n) is 5.12. The van der Waals surface area contributed by atoms with Gasteiger partial charge < -0.3 is 15.2 Å². The molecule has 6 heteroatoms. The minimum atomic E-state index is -1.20. The van der Waals surface area contributed by atoms with Gasteiger partial charge in [0.2, 0.25) is 0 Å². The van der Waals surface area contributed by atoms with Crippen LogP contribution < -0.4 is 10.1 Å². The summed E-state index contributed by atoms with van der Waals surface area (Å²) in [5, 5.41) is 11.8. The van der Waals surface area contributed by atoms with Crippen LogP contribution in [0.2, 0.25) is 0 Å². The van der Waals surface area contributed by atoms with Crippen molar-refractivity contribution in [1.82, 2.24) is 4.98 Å². The molecule has 1 amide bonds. The van der Waals surface area contributed by atoms with Crippen LogP contribution in [-0.4, -0.2) is 22.0 Å². The van der Waals surface area contributed by atoms with Crippen LogP contribution in [0.5, 0.6) is 11.5 Å². The molecule has 0 radical (unpaired) electrons. The van der Waals surface area contributed by atoms with Crippen LogP contribution in [0.1, 0.15) is 20.7 Å². The number of carbonyl (C=O) groups is 2. The van der Waals surface area contributed by atoms with Gasteiger partial charge >= 0.3 is 5.97 Å². The van der Waals surface area contributed by atoms with Crippen molar-refractivity contribution in [3.05, 3.63) is 84.2 Å². The second kappa shape index (κ2) is 7.27. The maximum Gasteiger partial charge on any atom is 0.338 e. The number of pyridine rings is 1. The molecule has 124 valence electrons. The van der Waals surface area contributed by atoms with E-state index in [1.807, 2.05) is 30.3 Å². The predicted molar refractivity (Wildman–Crippen MR) is 92.1 cm³/mol. The summed E-state index contributed by atoms with van der Waals surface area (Å²) < 4.78 is 5.67. The Bertz CT molecular complexity index is 893. The number of aromatic carboxylic acids is 1. The molecule has 25 heavy (non-hydrogen) atoms. The molecule has 0 saturated carbocycles. The van der Waals surface area contributed by atoms with E-state index < -0.39 is 11.9 Å². The zero-order valence-corrected chi connectivity index (χ0v) is 13.0. The molecule has 1 heterocycles. The molecule has 0 aliphatic carbocycles. The Morgan fingerprint density at radius 3 is 2.24 bits per heavy atom. The van der Waals surface area contributed by atoms with Crippen LogP contribution in [0.15, 0.2) is 73.1 Å². The van der Waals surface area contributed by atoms with Crippen molar-refractivity contribution in [3.63, 3.8) is 0 Å². The lowest BCUT2D eigenvalue weighted by Crippen LogP contribution is -2.16. The van der Waals surface area contributed by atoms with Crippen LogP contribution in [0.4, 0.5) is 5.69 Å². The van der Waals surface area contributed by atoms with Gasteiger partial charge in [0, 0.05) is 18.1 Å². The molecule has 0 atom stereocenters. The van der Waals surface area contributed by atoms with Gasteiger partial charge in [0.1, 0.15) is 11.5 Å². The van der Waals surface area contributed by atoms with Crippen LogP contribution >= 0.6 is 0 Å². The van der Waals surface area contributed by atoms with Crippen molar-refractivity contribution in [3.8, 4) is 11.5 Å². The highest BCUT2D eigenvalue weighted by molar-refractivity contribution is 6.10. The lowest BCUT2D eigenvalue weighted by atomic mass is 10.1. The highest BCUT2D eigenvalue weighted by Crippen LogP contribution is 2.23. The van der Waals surface area contributed by atoms with Crippen LogP contribution in [0, 0.1) is 0 Å². The van der Waals surface area contributed by atoms with E-state index in [-0.39, 0.29) is 11.1 Å². The number of hydrogen-bond donors (Lipinski definition) is 2. The number of benzene rings is 2. The first-order valence-corrected chi connectivity index (χ1v) is 7.45. The van der Waals surface area contributed by atoms with E-state index in [0.29, 0.717) is 17.2 Å². The van der Waals surface area contributed by atoms with Crippen molar-refractivity contribution in [2.45, 2.75) is 0 Å². The second-order valence-corrected chi connectivity index (χ2v) is 5.12. The number of ether oxygens (including phenoxy) is 1. The summed E-state index contributed by atoms with van der Waals surface area (Å²) in [6, 6.07) is 17.5. The number of nitrogens with one attached hydrogen (secondary N) is 1. The fourth-order valence-corrected chi connectivity index (χ4v) is 2.19. The summed E-state index contributed by atoms with van der Waals surface area (Å²) in [5.41, 5.74) is 0.426. The van der Waals surface area contributed by atoms with Gasteiger partial charge in [0.15, 0.2) is 0 Å². The Labute approximate surface area is 143 Å². The van der Waals surface area contributed by atoms with Gasteiger partial charge in [-0.25, -0.2) is 4.79 Å². The number of carboxylic acid groups (broad SMARTS) is 1. The molecule has 0 fully saturated rings. The molecule has 0 spiro atoms. The lowest BCUT2D eigenvalue weighted by Gasteiger charge is -2.09. The Hall–Kier alpha value is -3.67. The Morgan fingerprint density at radius 2 is 1.56 bits per heavy atom. The highest BCUT2D eigenvalue weighted by atomic mass is 16.5. The smallest absolute Gasteiger partial charge is 0.338 e. The van der Waals surface area contributed by atoms with Gasteiger partial charge in [-0.3, -0.25) is 9.78 Å². The van der Waals surface area contributed by atoms with E-state index >= 15 is 0 Å². The third kappa shape index (κ3) is 4.00. The van der Waals surface area contributed by atoms with E-state index in [4.69, 9.17) is 9.84 Å². The fourth-order valence-electron chi connectivity index (χ4n) is 2.19. The van der Waals surface area contributed by atoms with Crippen LogP contribution in [0.3, 0.4) is 0 Å². The summed E-state index contributed by atoms with van der Waals surface area (Å²) in [6.45, 7) is 0. The summed E-state index contributed by atoms with van der Waals surface area (Å²) in [6.07, 6.45) is 2.52. The summed E-state index contributed by atoms with van der Waals surface area (Å²) in [5.74, 6) is -0.386. The summed E-state index contributed by atoms with van der Waals surface area (Å²) in [7, 11) is 0. The Kier molecular flexibility index (Phi) is 4.71. The SMILES string of the molecule is O=C(O)c1cnccc1C(=O)Nc1ccc(Oc2ccccc2)cc1. The number of amides is 1. The molecule has 0 aliphatic rings. The van der Waals surface area contributed by atoms with Crippen LogP contribution in [0.25, 0.3) is 0 Å². The standard InChI is InChI=1S/C19H14N2O4/c22-18(16-10-11-20-12-17(16)19(23)24)21-13-6-8-15(9-7-13)25-14-4-2-1-3-5-14/h1-12H,(H,21,22)(H,23,24). The average molecular weight is 334 g/mol. The average Bonchev–Trinajstić information content (AvgIpc) is 2.64. The van der Waals surface area contributed by atoms with Gasteiger partial charge in [-0.2, -0.15) is 0 Å². The maximum atomic E-state index is 12.3. The third-order valence-corrected chi connectivity index (χ3v) is 3.39. The molecule has 0 bridgehead atoms. The molecule has 6 nitrogen and oxygen atoms in total. The number of hydrogen-bond acceptors (Lipinski definition) is 4. The summed E-state index contributed by atoms with van der Waals surface area (Å²) >= 11 is 0. The quantitative estimate of drug-likeness (QED) is 0.740. The van der Waals surface area contributed by atoms with Crippen molar-refractivity contribution in [2.75, 3.05) is 5.32 Å². The van der Waals surface area contributed by atoms with Crippen molar-refractivity contribution >= 4 is 17.6 Å². The predicted octanol–water partition coefficient (Wildman–Crippen LogP) is 3.82. The number of aromatic nitrogens is 1. The monoisotopic (exact) mass is 334 g/mol. The molecular formula is C19H14N2O4. The minimum absolute atomic E-state index is 0.0483. The number of anilines is 1. The zero-order valence-electron chi connectivity index (χ0n) is 13.0. The lowest BCUT2D eigenvalue weighted by molar-refractivity contribution is 0.0692. The fraction of sp³-hybridized carbons (Fsp3) is 0. The number of para-hydroxylation sites is 1. The minimum Gasteiger partial charge on any atom is -0.478 e. The van der Waals surface area contributed by atoms with E-state index in [9.17, 15) is 9.59 Å². The molecule has 0 saturated heterocycles. The van der Waals surface area contributed by atoms with E-state index in [1.165, 1.54) is 12.3 Å². The van der Waals surface area contributed by atoms with E-state index in [1.54, 1.807) is 24.3 Å². The van der Waals surface area contributed by atoms with Gasteiger partial charge in [-0.1, -0.05) is 18.2 Å². The first-order valence-electron chi connectivity index (χ1n) is 7.45. The van der Waals surface area contributed by atoms with Gasteiger partial charge in [-0.05, 0) is 42.5 Å². The van der Waals surface area contributed by atoms with Crippen LogP contribution in [-0.2, 0) is 0 Å². The van der Waals surface area contributed by atoms with Gasteiger partial charge in [-0.15, -0.1) is 0 Å². The van der Waals surface area contributed by atoms with Gasteiger partial charge in [0.05, 0.1) is 11.1 Å². The van der Waals surface area contributed by atoms with Crippen molar-refractivity contribution < 1.29 is 19.4 Å². The molecule has 2 aromatic carbocycles. The third-order valence-electron chi connectivity index (χ3n) is 3.39. The zero-order chi connectivity index (χ0) is 17.6. The molecule has 0 unspecified atom stereocenters. The maximum absolute atomic E-state index is 12.3. The Balaban J connectivity index is 1.71. The van der Waals surface area contributed by atoms with E-state index in [0.717, 1.165) is 6.20 Å². The number of nitrogens with zero attached hydrogens (tertiary/aromatic N) is 1. The Morgan fingerprint density at radius 1 is 0.880 bits per heavy atom. The highest BCUT2D eigenvalue weighted by Gasteiger charge is 2.16. The summed E-state index contributed by atoms with van der Waals surface area (Å²) in [4.78, 5) is 27.2. The number of carboxylic acids is 1. The van der Waals surface area contributed by atoms with Crippen molar-refractivity contribution in [2.24, 2.45) is 0 Å². The van der Waals surface area contributed by atoms with Crippen molar-refractivity contribution in [1.29, 1.82) is 0 Å². The molecule has 3 aromatic rings.